The Hall–Kier alpha value is -0.850. The number of aliphatic carboxylic acids is 1. The first-order valence-electron chi connectivity index (χ1n) is 3.94. The van der Waals surface area contributed by atoms with E-state index in [1.165, 1.54) is 0 Å². The van der Waals surface area contributed by atoms with Crippen LogP contribution in [-0.4, -0.2) is 48.0 Å². The summed E-state index contributed by atoms with van der Waals surface area (Å²) in [5.74, 6) is -6.98. The van der Waals surface area contributed by atoms with Crippen LogP contribution in [0.4, 0.5) is 17.6 Å². The molecule has 1 heterocycles. The quantitative estimate of drug-likeness (QED) is 0.708. The number of hydrogen-bond donors (Lipinski definition) is 1. The Morgan fingerprint density at radius 1 is 1.50 bits per heavy atom. The van der Waals surface area contributed by atoms with Crippen molar-refractivity contribution in [3.8, 4) is 0 Å². The molecule has 1 rings (SSSR count). The summed E-state index contributed by atoms with van der Waals surface area (Å²) in [4.78, 5) is 11.0. The Balaban J connectivity index is 2.32. The van der Waals surface area contributed by atoms with Gasteiger partial charge >= 0.3 is 11.9 Å². The van der Waals surface area contributed by atoms with Crippen molar-refractivity contribution in [2.45, 2.75) is 12.3 Å². The molecular weight excluding hydrogens is 206 g/mol. The Morgan fingerprint density at radius 3 is 2.36 bits per heavy atom. The Kier molecular flexibility index (Phi) is 2.98. The lowest BCUT2D eigenvalue weighted by atomic mass is 10.0. The van der Waals surface area contributed by atoms with Gasteiger partial charge in [0.2, 0.25) is 6.43 Å². The summed E-state index contributed by atoms with van der Waals surface area (Å²) in [5, 5.41) is 8.06. The standard InChI is InChI=1S/C7H9F4NO2/c8-5(9)4-1-12(2-4)3-7(10,11)6(13)14/h4-5H,1-3H2,(H,13,14). The van der Waals surface area contributed by atoms with E-state index in [4.69, 9.17) is 5.11 Å². The normalized spacial score (nSPS) is 19.8. The van der Waals surface area contributed by atoms with Crippen molar-refractivity contribution in [3.63, 3.8) is 0 Å². The van der Waals surface area contributed by atoms with Crippen LogP contribution in [0.15, 0.2) is 0 Å². The van der Waals surface area contributed by atoms with Gasteiger partial charge in [0.1, 0.15) is 0 Å². The van der Waals surface area contributed by atoms with Gasteiger partial charge in [-0.15, -0.1) is 0 Å². The second kappa shape index (κ2) is 3.72. The molecule has 0 aromatic carbocycles. The molecule has 14 heavy (non-hydrogen) atoms. The maximum Gasteiger partial charge on any atom is 0.375 e. The SMILES string of the molecule is O=C(O)C(F)(F)CN1CC(C(F)F)C1. The molecule has 1 aliphatic heterocycles. The predicted molar refractivity (Wildman–Crippen MR) is 38.5 cm³/mol. The Bertz CT molecular complexity index is 228. The van der Waals surface area contributed by atoms with Crippen LogP contribution < -0.4 is 0 Å². The summed E-state index contributed by atoms with van der Waals surface area (Å²) in [6.07, 6.45) is -2.52. The van der Waals surface area contributed by atoms with Crippen LogP contribution in [0.1, 0.15) is 0 Å². The lowest BCUT2D eigenvalue weighted by Gasteiger charge is -2.39. The minimum atomic E-state index is -3.85. The van der Waals surface area contributed by atoms with E-state index in [2.05, 4.69) is 0 Å². The molecule has 3 nitrogen and oxygen atoms in total. The minimum absolute atomic E-state index is 0.166. The molecule has 0 spiro atoms. The first-order chi connectivity index (χ1) is 6.33. The predicted octanol–water partition coefficient (Wildman–Crippen LogP) is 0.903. The first-order valence-corrected chi connectivity index (χ1v) is 3.94. The number of halogens is 4. The average Bonchev–Trinajstić information content (AvgIpc) is 1.94. The third-order valence-corrected chi connectivity index (χ3v) is 2.08. The number of carboxylic acid groups (broad SMARTS) is 1. The summed E-state index contributed by atoms with van der Waals surface area (Å²) >= 11 is 0. The highest BCUT2D eigenvalue weighted by Crippen LogP contribution is 2.26. The smallest absolute Gasteiger partial charge is 0.375 e. The maximum atomic E-state index is 12.5. The number of carboxylic acids is 1. The van der Waals surface area contributed by atoms with Gasteiger partial charge in [0.05, 0.1) is 6.54 Å². The largest absolute Gasteiger partial charge is 0.477 e. The number of rotatable bonds is 4. The molecule has 1 fully saturated rings. The number of likely N-dealkylation sites (tertiary alicyclic amines) is 1. The van der Waals surface area contributed by atoms with Gasteiger partial charge in [0, 0.05) is 19.0 Å². The lowest BCUT2D eigenvalue weighted by Crippen LogP contribution is -2.55. The summed E-state index contributed by atoms with van der Waals surface area (Å²) in [7, 11) is 0. The van der Waals surface area contributed by atoms with Gasteiger partial charge in [-0.05, 0) is 0 Å². The van der Waals surface area contributed by atoms with E-state index < -0.39 is 30.8 Å². The lowest BCUT2D eigenvalue weighted by molar-refractivity contribution is -0.171. The van der Waals surface area contributed by atoms with Crippen LogP contribution in [0, 0.1) is 5.92 Å². The third-order valence-electron chi connectivity index (χ3n) is 2.08. The van der Waals surface area contributed by atoms with Crippen LogP contribution >= 0.6 is 0 Å². The zero-order valence-electron chi connectivity index (χ0n) is 7.09. The monoisotopic (exact) mass is 215 g/mol. The number of nitrogens with zero attached hydrogens (tertiary/aromatic N) is 1. The first kappa shape index (κ1) is 11.2. The van der Waals surface area contributed by atoms with E-state index >= 15 is 0 Å². The molecule has 0 aliphatic carbocycles. The third kappa shape index (κ3) is 2.34. The van der Waals surface area contributed by atoms with Crippen molar-refractivity contribution in [3.05, 3.63) is 0 Å². The fourth-order valence-electron chi connectivity index (χ4n) is 1.25. The highest BCUT2D eigenvalue weighted by Gasteiger charge is 2.45. The number of alkyl halides is 4. The van der Waals surface area contributed by atoms with Crippen molar-refractivity contribution in [1.82, 2.24) is 4.90 Å². The van der Waals surface area contributed by atoms with E-state index in [1.54, 1.807) is 0 Å². The topological polar surface area (TPSA) is 40.5 Å². The van der Waals surface area contributed by atoms with E-state index in [0.29, 0.717) is 0 Å². The van der Waals surface area contributed by atoms with E-state index in [9.17, 15) is 22.4 Å². The summed E-state index contributed by atoms with van der Waals surface area (Å²) in [6.45, 7) is -1.33. The second-order valence-corrected chi connectivity index (χ2v) is 3.30. The average molecular weight is 215 g/mol. The van der Waals surface area contributed by atoms with Gasteiger partial charge in [0.15, 0.2) is 0 Å². The van der Waals surface area contributed by atoms with E-state index in [0.717, 1.165) is 4.90 Å². The fraction of sp³-hybridized carbons (Fsp3) is 0.857. The molecule has 1 saturated heterocycles. The van der Waals surface area contributed by atoms with Crippen LogP contribution in [0.2, 0.25) is 0 Å². The van der Waals surface area contributed by atoms with Crippen LogP contribution in [0.5, 0.6) is 0 Å². The van der Waals surface area contributed by atoms with Crippen molar-refractivity contribution in [2.24, 2.45) is 5.92 Å². The summed E-state index contributed by atoms with van der Waals surface area (Å²) < 4.78 is 48.9. The van der Waals surface area contributed by atoms with Crippen LogP contribution in [0.25, 0.3) is 0 Å². The molecule has 0 radical (unpaired) electrons. The van der Waals surface area contributed by atoms with Crippen molar-refractivity contribution >= 4 is 5.97 Å². The minimum Gasteiger partial charge on any atom is -0.477 e. The van der Waals surface area contributed by atoms with Gasteiger partial charge in [-0.25, -0.2) is 13.6 Å². The van der Waals surface area contributed by atoms with Gasteiger partial charge in [-0.1, -0.05) is 0 Å². The number of carbonyl (C=O) groups is 1. The van der Waals surface area contributed by atoms with E-state index in [1.807, 2.05) is 0 Å². The molecule has 7 heteroatoms. The molecule has 82 valence electrons. The Labute approximate surface area is 77.3 Å². The molecule has 0 aromatic heterocycles. The maximum absolute atomic E-state index is 12.5. The highest BCUT2D eigenvalue weighted by molar-refractivity contribution is 5.75. The molecule has 0 saturated carbocycles. The van der Waals surface area contributed by atoms with Crippen molar-refractivity contribution in [2.75, 3.05) is 19.6 Å². The summed E-state index contributed by atoms with van der Waals surface area (Å²) in [6, 6.07) is 0. The zero-order chi connectivity index (χ0) is 10.9. The van der Waals surface area contributed by atoms with Crippen molar-refractivity contribution < 1.29 is 27.5 Å². The fourth-order valence-corrected chi connectivity index (χ4v) is 1.25. The molecular formula is C7H9F4NO2. The molecule has 0 atom stereocenters. The number of hydrogen-bond acceptors (Lipinski definition) is 2. The molecule has 0 bridgehead atoms. The molecule has 0 amide bonds. The highest BCUT2D eigenvalue weighted by atomic mass is 19.3. The molecule has 0 aromatic rings. The van der Waals surface area contributed by atoms with Gasteiger partial charge in [-0.3, -0.25) is 4.90 Å². The molecule has 1 aliphatic rings. The summed E-state index contributed by atoms with van der Waals surface area (Å²) in [5.41, 5.74) is 0. The van der Waals surface area contributed by atoms with Crippen molar-refractivity contribution in [1.29, 1.82) is 0 Å². The van der Waals surface area contributed by atoms with Gasteiger partial charge < -0.3 is 5.11 Å². The molecule has 1 N–H and O–H groups in total. The van der Waals surface area contributed by atoms with Gasteiger partial charge in [-0.2, -0.15) is 8.78 Å². The Morgan fingerprint density at radius 2 is 2.00 bits per heavy atom. The molecule has 0 unspecified atom stereocenters. The van der Waals surface area contributed by atoms with E-state index in [-0.39, 0.29) is 13.1 Å². The van der Waals surface area contributed by atoms with Gasteiger partial charge in [0.25, 0.3) is 0 Å². The zero-order valence-corrected chi connectivity index (χ0v) is 7.09. The second-order valence-electron chi connectivity index (χ2n) is 3.30. The van der Waals surface area contributed by atoms with Crippen LogP contribution in [-0.2, 0) is 4.79 Å². The van der Waals surface area contributed by atoms with Crippen LogP contribution in [0.3, 0.4) is 0 Å².